The van der Waals surface area contributed by atoms with Crippen molar-refractivity contribution in [3.8, 4) is 11.5 Å². The molecule has 1 aromatic carbocycles. The van der Waals surface area contributed by atoms with Crippen LogP contribution in [0.15, 0.2) is 12.1 Å². The van der Waals surface area contributed by atoms with Gasteiger partial charge in [0.15, 0.2) is 18.1 Å². The Morgan fingerprint density at radius 3 is 2.34 bits per heavy atom. The molecule has 4 fully saturated rings. The van der Waals surface area contributed by atoms with Gasteiger partial charge in [-0.25, -0.2) is 0 Å². The van der Waals surface area contributed by atoms with Crippen LogP contribution in [0.1, 0.15) is 78.7 Å². The van der Waals surface area contributed by atoms with Gasteiger partial charge in [-0.2, -0.15) is 0 Å². The molecule has 178 valence electrons. The van der Waals surface area contributed by atoms with E-state index in [0.29, 0.717) is 27.4 Å². The number of ether oxygens (including phenoxy) is 2. The van der Waals surface area contributed by atoms with Crippen molar-refractivity contribution < 1.29 is 14.3 Å². The van der Waals surface area contributed by atoms with Crippen LogP contribution in [0.3, 0.4) is 0 Å². The number of carbonyl (C=O) groups is 1. The number of amides is 1. The fraction of sp³-hybridized carbons (Fsp3) is 0.731. The number of carbonyl (C=O) groups excluding carboxylic acids is 1. The molecule has 0 heterocycles. The summed E-state index contributed by atoms with van der Waals surface area (Å²) in [5, 5.41) is 7.30. The summed E-state index contributed by atoms with van der Waals surface area (Å²) in [6.07, 6.45) is 7.96. The number of benzene rings is 1. The van der Waals surface area contributed by atoms with E-state index in [9.17, 15) is 4.79 Å². The van der Waals surface area contributed by atoms with Gasteiger partial charge in [-0.15, -0.1) is 0 Å². The van der Waals surface area contributed by atoms with Gasteiger partial charge in [-0.1, -0.05) is 25.4 Å². The standard InChI is InChI=1S/C26H39ClN2O3/c1-23(2,3)29-21(30)13-32-22-19(27)7-17(8-20(22)31-6)12-28-26-11-18-9-24(4,15-26)14-25(5,10-18)16-26/h7-8,18,28H,9-16H2,1-6H3,(H,29,30)/t18?,24-,25+,26?. The predicted molar refractivity (Wildman–Crippen MR) is 128 cm³/mol. The second-order valence-corrected chi connectivity index (χ2v) is 12.9. The molecule has 32 heavy (non-hydrogen) atoms. The van der Waals surface area contributed by atoms with Crippen molar-refractivity contribution in [2.24, 2.45) is 16.7 Å². The lowest BCUT2D eigenvalue weighted by Gasteiger charge is -2.65. The molecule has 2 unspecified atom stereocenters. The molecule has 1 amide bonds. The second-order valence-electron chi connectivity index (χ2n) is 12.5. The van der Waals surface area contributed by atoms with Gasteiger partial charge in [-0.05, 0) is 93.7 Å². The lowest BCUT2D eigenvalue weighted by atomic mass is 9.43. The molecule has 2 N–H and O–H groups in total. The molecule has 4 aliphatic carbocycles. The molecule has 5 rings (SSSR count). The zero-order valence-corrected chi connectivity index (χ0v) is 21.2. The van der Waals surface area contributed by atoms with Crippen LogP contribution in [-0.2, 0) is 11.3 Å². The van der Waals surface area contributed by atoms with Gasteiger partial charge in [0.2, 0.25) is 0 Å². The smallest absolute Gasteiger partial charge is 0.258 e. The highest BCUT2D eigenvalue weighted by molar-refractivity contribution is 6.32. The Morgan fingerprint density at radius 2 is 1.78 bits per heavy atom. The van der Waals surface area contributed by atoms with E-state index in [4.69, 9.17) is 21.1 Å². The van der Waals surface area contributed by atoms with E-state index in [1.807, 2.05) is 32.9 Å². The summed E-state index contributed by atoms with van der Waals surface area (Å²) in [7, 11) is 1.60. The number of hydrogen-bond acceptors (Lipinski definition) is 4. The SMILES string of the molecule is COc1cc(CNC23CC4C[C@@](C)(C2)C[C@](C)(C4)C3)cc(Cl)c1OCC(=O)NC(C)(C)C. The van der Waals surface area contributed by atoms with Gasteiger partial charge in [0.1, 0.15) is 0 Å². The summed E-state index contributed by atoms with van der Waals surface area (Å²) in [6.45, 7) is 11.4. The Balaban J connectivity index is 1.44. The molecular formula is C26H39ClN2O3. The molecule has 4 aliphatic rings. The lowest BCUT2D eigenvalue weighted by Crippen LogP contribution is -2.63. The molecule has 6 heteroatoms. The van der Waals surface area contributed by atoms with E-state index in [1.165, 1.54) is 38.5 Å². The summed E-state index contributed by atoms with van der Waals surface area (Å²) >= 11 is 6.56. The van der Waals surface area contributed by atoms with E-state index in [2.05, 4.69) is 24.5 Å². The summed E-state index contributed by atoms with van der Waals surface area (Å²) in [6, 6.07) is 3.90. The summed E-state index contributed by atoms with van der Waals surface area (Å²) in [5.41, 5.74) is 1.94. The minimum absolute atomic E-state index is 0.105. The van der Waals surface area contributed by atoms with Crippen LogP contribution in [0, 0.1) is 16.7 Å². The third kappa shape index (κ3) is 5.04. The van der Waals surface area contributed by atoms with Crippen molar-refractivity contribution in [1.29, 1.82) is 0 Å². The van der Waals surface area contributed by atoms with Gasteiger partial charge in [0.25, 0.3) is 5.91 Å². The van der Waals surface area contributed by atoms with Crippen molar-refractivity contribution in [3.63, 3.8) is 0 Å². The highest BCUT2D eigenvalue weighted by atomic mass is 35.5. The number of hydrogen-bond donors (Lipinski definition) is 2. The normalized spacial score (nSPS) is 33.3. The maximum absolute atomic E-state index is 12.1. The molecule has 5 nitrogen and oxygen atoms in total. The van der Waals surface area contributed by atoms with E-state index in [1.54, 1.807) is 7.11 Å². The molecule has 4 atom stereocenters. The fourth-order valence-corrected chi connectivity index (χ4v) is 7.83. The zero-order chi connectivity index (χ0) is 23.4. The highest BCUT2D eigenvalue weighted by Crippen LogP contribution is 2.66. The van der Waals surface area contributed by atoms with Crippen LogP contribution in [-0.4, -0.2) is 30.7 Å². The van der Waals surface area contributed by atoms with Crippen molar-refractivity contribution in [1.82, 2.24) is 10.6 Å². The largest absolute Gasteiger partial charge is 0.493 e. The average Bonchev–Trinajstić information content (AvgIpc) is 2.60. The molecule has 4 bridgehead atoms. The zero-order valence-electron chi connectivity index (χ0n) is 20.5. The molecule has 4 saturated carbocycles. The average molecular weight is 463 g/mol. The second kappa shape index (κ2) is 8.09. The molecule has 0 radical (unpaired) electrons. The first-order valence-electron chi connectivity index (χ1n) is 11.9. The Kier molecular flexibility index (Phi) is 5.99. The Labute approximate surface area is 198 Å². The first-order chi connectivity index (χ1) is 14.8. The molecule has 0 saturated heterocycles. The fourth-order valence-electron chi connectivity index (χ4n) is 7.54. The summed E-state index contributed by atoms with van der Waals surface area (Å²) in [4.78, 5) is 12.1. The quantitative estimate of drug-likeness (QED) is 0.563. The molecule has 0 aliphatic heterocycles. The van der Waals surface area contributed by atoms with Crippen LogP contribution < -0.4 is 20.1 Å². The van der Waals surface area contributed by atoms with Crippen LogP contribution in [0.25, 0.3) is 0 Å². The maximum atomic E-state index is 12.1. The van der Waals surface area contributed by atoms with Crippen LogP contribution in [0.2, 0.25) is 5.02 Å². The lowest BCUT2D eigenvalue weighted by molar-refractivity contribution is -0.124. The molecule has 1 aromatic rings. The minimum atomic E-state index is -0.310. The van der Waals surface area contributed by atoms with E-state index in [-0.39, 0.29) is 23.6 Å². The van der Waals surface area contributed by atoms with Crippen molar-refractivity contribution in [2.45, 2.75) is 90.8 Å². The topological polar surface area (TPSA) is 59.6 Å². The van der Waals surface area contributed by atoms with Crippen LogP contribution >= 0.6 is 11.6 Å². The monoisotopic (exact) mass is 462 g/mol. The molecule has 0 aromatic heterocycles. The Bertz CT molecular complexity index is 876. The van der Waals surface area contributed by atoms with Crippen molar-refractivity contribution >= 4 is 17.5 Å². The summed E-state index contributed by atoms with van der Waals surface area (Å²) < 4.78 is 11.3. The highest BCUT2D eigenvalue weighted by Gasteiger charge is 2.59. The number of halogens is 1. The van der Waals surface area contributed by atoms with Gasteiger partial charge >= 0.3 is 0 Å². The van der Waals surface area contributed by atoms with Crippen molar-refractivity contribution in [2.75, 3.05) is 13.7 Å². The van der Waals surface area contributed by atoms with E-state index >= 15 is 0 Å². The number of methoxy groups -OCH3 is 1. The van der Waals surface area contributed by atoms with Gasteiger partial charge in [0.05, 0.1) is 12.1 Å². The third-order valence-corrected chi connectivity index (χ3v) is 7.73. The van der Waals surface area contributed by atoms with Gasteiger partial charge in [0, 0.05) is 17.6 Å². The first-order valence-corrected chi connectivity index (χ1v) is 12.2. The number of rotatable bonds is 7. The molecule has 0 spiro atoms. The number of nitrogens with one attached hydrogen (secondary N) is 2. The van der Waals surface area contributed by atoms with Gasteiger partial charge in [-0.3, -0.25) is 4.79 Å². The van der Waals surface area contributed by atoms with E-state index < -0.39 is 0 Å². The van der Waals surface area contributed by atoms with E-state index in [0.717, 1.165) is 18.0 Å². The third-order valence-electron chi connectivity index (χ3n) is 7.45. The Hall–Kier alpha value is -1.46. The van der Waals surface area contributed by atoms with Gasteiger partial charge < -0.3 is 20.1 Å². The van der Waals surface area contributed by atoms with Crippen LogP contribution in [0.4, 0.5) is 0 Å². The van der Waals surface area contributed by atoms with Crippen molar-refractivity contribution in [3.05, 3.63) is 22.7 Å². The predicted octanol–water partition coefficient (Wildman–Crippen LogP) is 5.48. The van der Waals surface area contributed by atoms with Crippen LogP contribution in [0.5, 0.6) is 11.5 Å². The Morgan fingerprint density at radius 1 is 1.12 bits per heavy atom. The summed E-state index contributed by atoms with van der Waals surface area (Å²) in [5.74, 6) is 1.63. The minimum Gasteiger partial charge on any atom is -0.493 e. The molecular weight excluding hydrogens is 424 g/mol. The maximum Gasteiger partial charge on any atom is 0.258 e. The first kappa shape index (κ1) is 23.7.